The Morgan fingerprint density at radius 3 is 2.68 bits per heavy atom. The minimum atomic E-state index is 0.0425. The van der Waals surface area contributed by atoms with Gasteiger partial charge in [0.2, 0.25) is 5.91 Å². The number of amides is 1. The first-order valence-corrected chi connectivity index (χ1v) is 8.55. The van der Waals surface area contributed by atoms with Crippen LogP contribution in [-0.2, 0) is 16.6 Å². The van der Waals surface area contributed by atoms with Crippen LogP contribution in [-0.4, -0.2) is 39.8 Å². The molecule has 1 saturated carbocycles. The van der Waals surface area contributed by atoms with Gasteiger partial charge in [-0.3, -0.25) is 9.48 Å². The Bertz CT molecular complexity index is 552. The number of aromatic nitrogens is 2. The van der Waals surface area contributed by atoms with Crippen molar-refractivity contribution in [3.05, 3.63) is 16.4 Å². The third-order valence-electron chi connectivity index (χ3n) is 4.85. The molecule has 6 heteroatoms. The quantitative estimate of drug-likeness (QED) is 0.855. The fourth-order valence-electron chi connectivity index (χ4n) is 3.72. The van der Waals surface area contributed by atoms with Gasteiger partial charge in [-0.15, -0.1) is 0 Å². The van der Waals surface area contributed by atoms with E-state index in [1.54, 1.807) is 4.68 Å². The highest BCUT2D eigenvalue weighted by molar-refractivity contribution is 6.30. The highest BCUT2D eigenvalue weighted by Crippen LogP contribution is 2.37. The zero-order valence-electron chi connectivity index (χ0n) is 13.3. The van der Waals surface area contributed by atoms with Crippen molar-refractivity contribution in [1.82, 2.24) is 14.7 Å². The molecule has 2 fully saturated rings. The van der Waals surface area contributed by atoms with Gasteiger partial charge in [-0.1, -0.05) is 24.4 Å². The van der Waals surface area contributed by atoms with Gasteiger partial charge in [0.1, 0.15) is 11.8 Å². The Kier molecular flexibility index (Phi) is 4.73. The van der Waals surface area contributed by atoms with Crippen molar-refractivity contribution in [1.29, 1.82) is 0 Å². The van der Waals surface area contributed by atoms with Crippen LogP contribution in [0.5, 0.6) is 0 Å². The SMILES string of the molecule is Cc1nn(C)c(Cl)c1[C@@H]1CCCN1C(=O)COC1CCCC1. The van der Waals surface area contributed by atoms with E-state index in [0.29, 0.717) is 5.15 Å². The lowest BCUT2D eigenvalue weighted by Gasteiger charge is -2.25. The van der Waals surface area contributed by atoms with Gasteiger partial charge in [-0.05, 0) is 32.6 Å². The average Bonchev–Trinajstić information content (AvgIpc) is 3.19. The molecule has 5 nitrogen and oxygen atoms in total. The lowest BCUT2D eigenvalue weighted by atomic mass is 10.1. The minimum Gasteiger partial charge on any atom is -0.368 e. The van der Waals surface area contributed by atoms with Crippen LogP contribution >= 0.6 is 11.6 Å². The van der Waals surface area contributed by atoms with Gasteiger partial charge >= 0.3 is 0 Å². The number of hydrogen-bond donors (Lipinski definition) is 0. The van der Waals surface area contributed by atoms with Gasteiger partial charge in [0.25, 0.3) is 0 Å². The summed E-state index contributed by atoms with van der Waals surface area (Å²) in [5, 5.41) is 5.01. The van der Waals surface area contributed by atoms with Gasteiger partial charge in [0.15, 0.2) is 0 Å². The predicted molar refractivity (Wildman–Crippen MR) is 84.9 cm³/mol. The molecule has 0 unspecified atom stereocenters. The molecule has 1 aromatic rings. The topological polar surface area (TPSA) is 47.4 Å². The second-order valence-electron chi connectivity index (χ2n) is 6.38. The second kappa shape index (κ2) is 6.59. The van der Waals surface area contributed by atoms with Crippen molar-refractivity contribution in [2.45, 2.75) is 57.6 Å². The molecular formula is C16H24ClN3O2. The lowest BCUT2D eigenvalue weighted by molar-refractivity contribution is -0.139. The molecule has 1 saturated heterocycles. The molecule has 0 N–H and O–H groups in total. The fourth-order valence-corrected chi connectivity index (χ4v) is 4.02. The number of carbonyl (C=O) groups excluding carboxylic acids is 1. The number of carbonyl (C=O) groups is 1. The van der Waals surface area contributed by atoms with Gasteiger partial charge in [-0.2, -0.15) is 5.10 Å². The molecule has 1 aliphatic heterocycles. The largest absolute Gasteiger partial charge is 0.368 e. The number of rotatable bonds is 4. The van der Waals surface area contributed by atoms with E-state index in [-0.39, 0.29) is 24.7 Å². The van der Waals surface area contributed by atoms with Crippen molar-refractivity contribution in [3.8, 4) is 0 Å². The number of hydrogen-bond acceptors (Lipinski definition) is 3. The summed E-state index contributed by atoms with van der Waals surface area (Å²) in [6.07, 6.45) is 6.83. The summed E-state index contributed by atoms with van der Waals surface area (Å²) in [5.41, 5.74) is 1.91. The molecule has 1 aromatic heterocycles. The Morgan fingerprint density at radius 1 is 1.32 bits per heavy atom. The molecular weight excluding hydrogens is 302 g/mol. The van der Waals surface area contributed by atoms with Crippen molar-refractivity contribution in [2.75, 3.05) is 13.2 Å². The van der Waals surface area contributed by atoms with Crippen LogP contribution in [0, 0.1) is 6.92 Å². The third-order valence-corrected chi connectivity index (χ3v) is 5.30. The Morgan fingerprint density at radius 2 is 2.05 bits per heavy atom. The molecule has 1 aliphatic carbocycles. The van der Waals surface area contributed by atoms with Crippen LogP contribution in [0.3, 0.4) is 0 Å². The van der Waals surface area contributed by atoms with Crippen LogP contribution < -0.4 is 0 Å². The van der Waals surface area contributed by atoms with E-state index in [9.17, 15) is 4.79 Å². The van der Waals surface area contributed by atoms with E-state index < -0.39 is 0 Å². The summed E-state index contributed by atoms with van der Waals surface area (Å²) < 4.78 is 7.46. The second-order valence-corrected chi connectivity index (χ2v) is 6.73. The minimum absolute atomic E-state index is 0.0425. The van der Waals surface area contributed by atoms with Crippen molar-refractivity contribution in [3.63, 3.8) is 0 Å². The van der Waals surface area contributed by atoms with Gasteiger partial charge in [0, 0.05) is 19.2 Å². The summed E-state index contributed by atoms with van der Waals surface area (Å²) >= 11 is 6.38. The highest BCUT2D eigenvalue weighted by atomic mass is 35.5. The first-order valence-electron chi connectivity index (χ1n) is 8.18. The first kappa shape index (κ1) is 15.8. The summed E-state index contributed by atoms with van der Waals surface area (Å²) in [7, 11) is 1.84. The van der Waals surface area contributed by atoms with Crippen molar-refractivity contribution >= 4 is 17.5 Å². The van der Waals surface area contributed by atoms with Crippen LogP contribution in [0.25, 0.3) is 0 Å². The standard InChI is InChI=1S/C16H24ClN3O2/c1-11-15(16(17)19(2)18-11)13-8-5-9-20(13)14(21)10-22-12-6-3-4-7-12/h12-13H,3-10H2,1-2H3/t13-/m0/s1. The molecule has 122 valence electrons. The molecule has 22 heavy (non-hydrogen) atoms. The zero-order chi connectivity index (χ0) is 15.7. The van der Waals surface area contributed by atoms with E-state index in [2.05, 4.69) is 5.10 Å². The molecule has 0 bridgehead atoms. The van der Waals surface area contributed by atoms with E-state index in [0.717, 1.165) is 43.5 Å². The molecule has 1 atom stereocenters. The van der Waals surface area contributed by atoms with Gasteiger partial charge < -0.3 is 9.64 Å². The number of likely N-dealkylation sites (tertiary alicyclic amines) is 1. The van der Waals surface area contributed by atoms with Crippen LogP contribution in [0.15, 0.2) is 0 Å². The number of ether oxygens (including phenoxy) is 1. The third kappa shape index (κ3) is 3.01. The van der Waals surface area contributed by atoms with Gasteiger partial charge in [-0.25, -0.2) is 0 Å². The van der Waals surface area contributed by atoms with Crippen LogP contribution in [0.4, 0.5) is 0 Å². The average molecular weight is 326 g/mol. The Labute approximate surface area is 136 Å². The molecule has 1 amide bonds. The van der Waals surface area contributed by atoms with Gasteiger partial charge in [0.05, 0.1) is 17.8 Å². The Balaban J connectivity index is 1.68. The maximum Gasteiger partial charge on any atom is 0.249 e. The molecule has 0 spiro atoms. The molecule has 2 heterocycles. The summed E-state index contributed by atoms with van der Waals surface area (Å²) in [4.78, 5) is 14.5. The number of aryl methyl sites for hydroxylation is 2. The summed E-state index contributed by atoms with van der Waals surface area (Å²) in [6, 6.07) is 0.0425. The van der Waals surface area contributed by atoms with Crippen molar-refractivity contribution in [2.24, 2.45) is 7.05 Å². The maximum absolute atomic E-state index is 12.5. The molecule has 0 aromatic carbocycles. The zero-order valence-corrected chi connectivity index (χ0v) is 14.1. The number of nitrogens with zero attached hydrogens (tertiary/aromatic N) is 3. The number of halogens is 1. The van der Waals surface area contributed by atoms with Crippen molar-refractivity contribution < 1.29 is 9.53 Å². The van der Waals surface area contributed by atoms with Crippen LogP contribution in [0.1, 0.15) is 55.8 Å². The van der Waals surface area contributed by atoms with Crippen LogP contribution in [0.2, 0.25) is 5.15 Å². The van der Waals surface area contributed by atoms with E-state index >= 15 is 0 Å². The first-order chi connectivity index (χ1) is 10.6. The maximum atomic E-state index is 12.5. The highest BCUT2D eigenvalue weighted by Gasteiger charge is 2.34. The lowest BCUT2D eigenvalue weighted by Crippen LogP contribution is -2.34. The Hall–Kier alpha value is -1.07. The molecule has 0 radical (unpaired) electrons. The predicted octanol–water partition coefficient (Wildman–Crippen LogP) is 3.00. The van der Waals surface area contributed by atoms with E-state index in [1.807, 2.05) is 18.9 Å². The molecule has 2 aliphatic rings. The summed E-state index contributed by atoms with van der Waals surface area (Å²) in [5.74, 6) is 0.0775. The fraction of sp³-hybridized carbons (Fsp3) is 0.750. The molecule has 3 rings (SSSR count). The normalized spacial score (nSPS) is 22.7. The van der Waals surface area contributed by atoms with E-state index in [1.165, 1.54) is 12.8 Å². The van der Waals surface area contributed by atoms with E-state index in [4.69, 9.17) is 16.3 Å². The monoisotopic (exact) mass is 325 g/mol. The smallest absolute Gasteiger partial charge is 0.249 e. The summed E-state index contributed by atoms with van der Waals surface area (Å²) in [6.45, 7) is 2.93.